The van der Waals surface area contributed by atoms with Crippen molar-refractivity contribution in [3.8, 4) is 11.4 Å². The highest BCUT2D eigenvalue weighted by molar-refractivity contribution is 7.11. The molecule has 4 rings (SSSR count). The summed E-state index contributed by atoms with van der Waals surface area (Å²) in [7, 11) is 0. The monoisotopic (exact) mass is 413 g/mol. The van der Waals surface area contributed by atoms with Gasteiger partial charge in [0, 0.05) is 12.1 Å². The van der Waals surface area contributed by atoms with Gasteiger partial charge in [-0.1, -0.05) is 44.2 Å². The number of aryl methyl sites for hydroxylation is 1. The molecule has 29 heavy (non-hydrogen) atoms. The second-order valence-electron chi connectivity index (χ2n) is 6.94. The Hall–Kier alpha value is -3.07. The maximum absolute atomic E-state index is 13.1. The predicted molar refractivity (Wildman–Crippen MR) is 110 cm³/mol. The Morgan fingerprint density at radius 3 is 2.55 bits per heavy atom. The van der Waals surface area contributed by atoms with Crippen molar-refractivity contribution in [1.29, 1.82) is 0 Å². The molecule has 0 bridgehead atoms. The fourth-order valence-electron chi connectivity index (χ4n) is 3.45. The summed E-state index contributed by atoms with van der Waals surface area (Å²) in [4.78, 5) is 33.2. The molecule has 1 amide bonds. The molecule has 0 fully saturated rings. The standard InChI is InChI=1S/C19H21N5OS.CH2O2/c1-12(2)15-18-21-17(14-7-5-4-6-8-14)22-24(18)10-9-23(15)19(25)16-13(3)20-11-26-16;2-1-3/h4-8,11-12,15H,9-10H2,1-3H3;1H,(H,2,3)/t15-;/m0./s1. The van der Waals surface area contributed by atoms with Crippen molar-refractivity contribution in [2.45, 2.75) is 33.4 Å². The van der Waals surface area contributed by atoms with E-state index in [4.69, 9.17) is 14.9 Å². The zero-order valence-electron chi connectivity index (χ0n) is 16.5. The summed E-state index contributed by atoms with van der Waals surface area (Å²) in [5.74, 6) is 1.86. The fraction of sp³-hybridized carbons (Fsp3) is 0.350. The molecule has 0 aliphatic carbocycles. The molecule has 3 aromatic rings. The van der Waals surface area contributed by atoms with Gasteiger partial charge in [0.15, 0.2) is 11.6 Å². The number of aromatic nitrogens is 4. The van der Waals surface area contributed by atoms with Crippen molar-refractivity contribution < 1.29 is 14.7 Å². The lowest BCUT2D eigenvalue weighted by molar-refractivity contribution is -0.122. The lowest BCUT2D eigenvalue weighted by Gasteiger charge is -2.37. The third kappa shape index (κ3) is 4.19. The number of carbonyl (C=O) groups is 2. The van der Waals surface area contributed by atoms with Gasteiger partial charge in [-0.2, -0.15) is 5.10 Å². The zero-order valence-corrected chi connectivity index (χ0v) is 17.3. The summed E-state index contributed by atoms with van der Waals surface area (Å²) in [6.45, 7) is 7.16. The van der Waals surface area contributed by atoms with E-state index < -0.39 is 0 Å². The van der Waals surface area contributed by atoms with E-state index >= 15 is 0 Å². The van der Waals surface area contributed by atoms with Gasteiger partial charge >= 0.3 is 0 Å². The second kappa shape index (κ2) is 8.95. The minimum absolute atomic E-state index is 0.0409. The van der Waals surface area contributed by atoms with Gasteiger partial charge in [-0.3, -0.25) is 9.59 Å². The number of benzene rings is 1. The molecule has 0 saturated heterocycles. The summed E-state index contributed by atoms with van der Waals surface area (Å²) in [6, 6.07) is 9.87. The summed E-state index contributed by atoms with van der Waals surface area (Å²) >= 11 is 1.40. The number of nitrogens with zero attached hydrogens (tertiary/aromatic N) is 5. The van der Waals surface area contributed by atoms with Crippen LogP contribution in [-0.4, -0.2) is 48.7 Å². The van der Waals surface area contributed by atoms with E-state index in [0.717, 1.165) is 22.9 Å². The first kappa shape index (κ1) is 20.7. The number of amides is 1. The van der Waals surface area contributed by atoms with E-state index in [2.05, 4.69) is 23.9 Å². The molecule has 0 unspecified atom stereocenters. The van der Waals surface area contributed by atoms with Gasteiger partial charge in [0.1, 0.15) is 4.88 Å². The minimum Gasteiger partial charge on any atom is -0.483 e. The molecule has 0 saturated carbocycles. The smallest absolute Gasteiger partial charge is 0.290 e. The van der Waals surface area contributed by atoms with E-state index in [1.807, 2.05) is 46.8 Å². The molecule has 1 N–H and O–H groups in total. The molecular weight excluding hydrogens is 390 g/mol. The molecule has 0 radical (unpaired) electrons. The highest BCUT2D eigenvalue weighted by Crippen LogP contribution is 2.34. The number of hydrogen-bond donors (Lipinski definition) is 1. The van der Waals surface area contributed by atoms with Crippen LogP contribution in [0, 0.1) is 12.8 Å². The summed E-state index contributed by atoms with van der Waals surface area (Å²) < 4.78 is 1.95. The molecule has 1 aliphatic heterocycles. The van der Waals surface area contributed by atoms with Crippen LogP contribution in [0.4, 0.5) is 0 Å². The van der Waals surface area contributed by atoms with Crippen molar-refractivity contribution in [3.63, 3.8) is 0 Å². The van der Waals surface area contributed by atoms with Crippen molar-refractivity contribution >= 4 is 23.7 Å². The number of hydrogen-bond acceptors (Lipinski definition) is 6. The van der Waals surface area contributed by atoms with Crippen LogP contribution >= 0.6 is 11.3 Å². The maximum Gasteiger partial charge on any atom is 0.290 e. The molecule has 8 nitrogen and oxygen atoms in total. The molecule has 152 valence electrons. The second-order valence-corrected chi connectivity index (χ2v) is 7.80. The summed E-state index contributed by atoms with van der Waals surface area (Å²) in [6.07, 6.45) is 0. The lowest BCUT2D eigenvalue weighted by atomic mass is 9.99. The Labute approximate surface area is 172 Å². The summed E-state index contributed by atoms with van der Waals surface area (Å²) in [5.41, 5.74) is 3.51. The zero-order chi connectivity index (χ0) is 21.0. The highest BCUT2D eigenvalue weighted by atomic mass is 32.1. The Bertz CT molecular complexity index is 983. The Kier molecular flexibility index (Phi) is 6.38. The average molecular weight is 414 g/mol. The van der Waals surface area contributed by atoms with Crippen LogP contribution in [0.2, 0.25) is 0 Å². The van der Waals surface area contributed by atoms with Crippen LogP contribution < -0.4 is 0 Å². The van der Waals surface area contributed by atoms with Gasteiger partial charge in [0.2, 0.25) is 0 Å². The third-order valence-corrected chi connectivity index (χ3v) is 5.63. The molecule has 0 spiro atoms. The number of carbonyl (C=O) groups excluding carboxylic acids is 1. The Balaban J connectivity index is 0.000000755. The van der Waals surface area contributed by atoms with Crippen molar-refractivity contribution in [2.75, 3.05) is 6.54 Å². The first-order chi connectivity index (χ1) is 14.0. The third-order valence-electron chi connectivity index (χ3n) is 4.72. The van der Waals surface area contributed by atoms with Gasteiger partial charge in [0.25, 0.3) is 12.4 Å². The molecule has 2 aromatic heterocycles. The molecule has 1 aliphatic rings. The Morgan fingerprint density at radius 2 is 1.97 bits per heavy atom. The minimum atomic E-state index is -0.250. The number of rotatable bonds is 3. The van der Waals surface area contributed by atoms with Gasteiger partial charge < -0.3 is 10.0 Å². The van der Waals surface area contributed by atoms with Crippen LogP contribution in [0.1, 0.15) is 41.1 Å². The molecular formula is C20H23N5O3S. The Morgan fingerprint density at radius 1 is 1.28 bits per heavy atom. The topological polar surface area (TPSA) is 101 Å². The highest BCUT2D eigenvalue weighted by Gasteiger charge is 2.37. The fourth-order valence-corrected chi connectivity index (χ4v) is 4.21. The number of carboxylic acid groups (broad SMARTS) is 1. The summed E-state index contributed by atoms with van der Waals surface area (Å²) in [5, 5.41) is 11.6. The molecule has 1 aromatic carbocycles. The normalized spacial score (nSPS) is 15.4. The first-order valence-corrected chi connectivity index (χ1v) is 10.1. The van der Waals surface area contributed by atoms with E-state index in [0.29, 0.717) is 18.0 Å². The van der Waals surface area contributed by atoms with E-state index in [1.54, 1.807) is 5.51 Å². The van der Waals surface area contributed by atoms with Crippen LogP contribution in [-0.2, 0) is 11.3 Å². The lowest BCUT2D eigenvalue weighted by Crippen LogP contribution is -2.44. The maximum atomic E-state index is 13.1. The first-order valence-electron chi connectivity index (χ1n) is 9.27. The van der Waals surface area contributed by atoms with Crippen LogP contribution in [0.3, 0.4) is 0 Å². The predicted octanol–water partition coefficient (Wildman–Crippen LogP) is 3.26. The van der Waals surface area contributed by atoms with Crippen LogP contribution in [0.15, 0.2) is 35.8 Å². The van der Waals surface area contributed by atoms with Crippen LogP contribution in [0.25, 0.3) is 11.4 Å². The largest absolute Gasteiger partial charge is 0.483 e. The van der Waals surface area contributed by atoms with Gasteiger partial charge in [-0.15, -0.1) is 11.3 Å². The van der Waals surface area contributed by atoms with Gasteiger partial charge in [-0.05, 0) is 12.8 Å². The van der Waals surface area contributed by atoms with Crippen molar-refractivity contribution in [1.82, 2.24) is 24.6 Å². The number of fused-ring (bicyclic) bond motifs is 1. The SMILES string of the molecule is Cc1ncsc1C(=O)N1CCn2nc(-c3ccccc3)nc2[C@@H]1C(C)C.O=CO. The molecule has 9 heteroatoms. The van der Waals surface area contributed by atoms with Crippen LogP contribution in [0.5, 0.6) is 0 Å². The van der Waals surface area contributed by atoms with Crippen molar-refractivity contribution in [3.05, 3.63) is 52.2 Å². The van der Waals surface area contributed by atoms with Crippen molar-refractivity contribution in [2.24, 2.45) is 5.92 Å². The van der Waals surface area contributed by atoms with E-state index in [-0.39, 0.29) is 24.3 Å². The average Bonchev–Trinajstić information content (AvgIpc) is 3.33. The van der Waals surface area contributed by atoms with Gasteiger partial charge in [0.05, 0.1) is 23.8 Å². The number of thiazole rings is 1. The molecule has 1 atom stereocenters. The molecule has 3 heterocycles. The van der Waals surface area contributed by atoms with E-state index in [9.17, 15) is 4.79 Å². The quantitative estimate of drug-likeness (QED) is 0.662. The van der Waals surface area contributed by atoms with E-state index in [1.165, 1.54) is 11.3 Å². The van der Waals surface area contributed by atoms with Gasteiger partial charge in [-0.25, -0.2) is 14.6 Å².